The number of rotatable bonds is 4. The predicted octanol–water partition coefficient (Wildman–Crippen LogP) is 5.56. The third-order valence-electron chi connectivity index (χ3n) is 3.77. The summed E-state index contributed by atoms with van der Waals surface area (Å²) < 4.78 is 20.8. The molecule has 4 nitrogen and oxygen atoms in total. The molecule has 1 aliphatic rings. The van der Waals surface area contributed by atoms with Gasteiger partial charge in [-0.3, -0.25) is 0 Å². The zero-order chi connectivity index (χ0) is 17.3. The first-order chi connectivity index (χ1) is 11.3. The Hall–Kier alpha value is -1.95. The van der Waals surface area contributed by atoms with Crippen LogP contribution in [0, 0.1) is 6.92 Å². The van der Waals surface area contributed by atoms with Crippen LogP contribution in [0.25, 0.3) is 0 Å². The van der Waals surface area contributed by atoms with Crippen LogP contribution in [0.1, 0.15) is 43.2 Å². The monoisotopic (exact) mass is 392 g/mol. The van der Waals surface area contributed by atoms with E-state index in [0.717, 1.165) is 15.9 Å². The fourth-order valence-corrected chi connectivity index (χ4v) is 2.73. The Bertz CT molecular complexity index is 787. The maximum absolute atomic E-state index is 14.1. The standard InChI is InChI=1S/C18H18BrFN2O2/c1-11-7-8-14(15-10-16(19)22-24-15)21-17(11)23-13-6-4-5-12(9-13)18(2,3)20/h4-9,15H,10H2,1-3H3. The summed E-state index contributed by atoms with van der Waals surface area (Å²) in [6, 6.07) is 10.8. The fraction of sp³-hybridized carbons (Fsp3) is 0.333. The van der Waals surface area contributed by atoms with Gasteiger partial charge in [-0.15, -0.1) is 0 Å². The van der Waals surface area contributed by atoms with Crippen LogP contribution >= 0.6 is 15.9 Å². The number of aromatic nitrogens is 1. The van der Waals surface area contributed by atoms with E-state index in [-0.39, 0.29) is 6.10 Å². The van der Waals surface area contributed by atoms with Crippen LogP contribution in [-0.2, 0) is 10.5 Å². The minimum absolute atomic E-state index is 0.224. The first-order valence-corrected chi connectivity index (χ1v) is 8.45. The molecule has 3 rings (SSSR count). The molecule has 2 heterocycles. The molecule has 0 bridgehead atoms. The molecule has 0 fully saturated rings. The smallest absolute Gasteiger partial charge is 0.222 e. The lowest BCUT2D eigenvalue weighted by Gasteiger charge is -2.16. The second-order valence-electron chi connectivity index (χ2n) is 6.23. The van der Waals surface area contributed by atoms with E-state index in [2.05, 4.69) is 26.1 Å². The van der Waals surface area contributed by atoms with Gasteiger partial charge in [0.15, 0.2) is 6.10 Å². The first kappa shape index (κ1) is 16.9. The quantitative estimate of drug-likeness (QED) is 0.684. The van der Waals surface area contributed by atoms with Crippen molar-refractivity contribution in [3.05, 3.63) is 53.2 Å². The second kappa shape index (κ2) is 6.51. The van der Waals surface area contributed by atoms with Gasteiger partial charge in [0.25, 0.3) is 0 Å². The van der Waals surface area contributed by atoms with E-state index < -0.39 is 5.67 Å². The Kier molecular flexibility index (Phi) is 4.58. The molecule has 1 aromatic heterocycles. The summed E-state index contributed by atoms with van der Waals surface area (Å²) in [7, 11) is 0. The van der Waals surface area contributed by atoms with E-state index in [1.54, 1.807) is 24.3 Å². The van der Waals surface area contributed by atoms with Crippen molar-refractivity contribution < 1.29 is 14.0 Å². The van der Waals surface area contributed by atoms with Gasteiger partial charge in [-0.25, -0.2) is 9.37 Å². The van der Waals surface area contributed by atoms with Gasteiger partial charge in [-0.1, -0.05) is 23.4 Å². The summed E-state index contributed by atoms with van der Waals surface area (Å²) in [5, 5.41) is 3.88. The van der Waals surface area contributed by atoms with E-state index in [1.165, 1.54) is 13.8 Å². The number of pyridine rings is 1. The lowest BCUT2D eigenvalue weighted by molar-refractivity contribution is 0.0822. The van der Waals surface area contributed by atoms with Crippen molar-refractivity contribution in [2.45, 2.75) is 39.0 Å². The van der Waals surface area contributed by atoms with Crippen LogP contribution in [-0.4, -0.2) is 9.60 Å². The van der Waals surface area contributed by atoms with Gasteiger partial charge in [0.1, 0.15) is 16.0 Å². The van der Waals surface area contributed by atoms with Crippen LogP contribution in [0.5, 0.6) is 11.6 Å². The van der Waals surface area contributed by atoms with Crippen molar-refractivity contribution in [2.75, 3.05) is 0 Å². The number of nitrogens with zero attached hydrogens (tertiary/aromatic N) is 2. The predicted molar refractivity (Wildman–Crippen MR) is 94.4 cm³/mol. The van der Waals surface area contributed by atoms with Gasteiger partial charge in [-0.2, -0.15) is 0 Å². The molecule has 1 aromatic carbocycles. The highest BCUT2D eigenvalue weighted by Gasteiger charge is 2.24. The zero-order valence-electron chi connectivity index (χ0n) is 13.7. The van der Waals surface area contributed by atoms with Gasteiger partial charge in [0.2, 0.25) is 5.88 Å². The summed E-state index contributed by atoms with van der Waals surface area (Å²) >= 11 is 3.32. The van der Waals surface area contributed by atoms with Crippen molar-refractivity contribution >= 4 is 20.6 Å². The van der Waals surface area contributed by atoms with Gasteiger partial charge in [0, 0.05) is 12.0 Å². The molecule has 1 atom stereocenters. The normalized spacial score (nSPS) is 17.4. The number of aryl methyl sites for hydroxylation is 1. The van der Waals surface area contributed by atoms with Gasteiger partial charge >= 0.3 is 0 Å². The van der Waals surface area contributed by atoms with Crippen LogP contribution in [0.3, 0.4) is 0 Å². The fourth-order valence-electron chi connectivity index (χ4n) is 2.35. The summed E-state index contributed by atoms with van der Waals surface area (Å²) in [6.45, 7) is 4.95. The van der Waals surface area contributed by atoms with Crippen molar-refractivity contribution in [3.63, 3.8) is 0 Å². The Morgan fingerprint density at radius 3 is 2.75 bits per heavy atom. The van der Waals surface area contributed by atoms with E-state index in [4.69, 9.17) is 9.57 Å². The number of benzene rings is 1. The molecule has 24 heavy (non-hydrogen) atoms. The third-order valence-corrected chi connectivity index (χ3v) is 4.24. The summed E-state index contributed by atoms with van der Waals surface area (Å²) in [4.78, 5) is 9.87. The lowest BCUT2D eigenvalue weighted by Crippen LogP contribution is -2.08. The topological polar surface area (TPSA) is 43.7 Å². The number of oxime groups is 1. The van der Waals surface area contributed by atoms with Crippen LogP contribution in [0.2, 0.25) is 0 Å². The molecule has 6 heteroatoms. The molecule has 0 aliphatic carbocycles. The molecule has 126 valence electrons. The highest BCUT2D eigenvalue weighted by molar-refractivity contribution is 9.18. The number of halogens is 2. The van der Waals surface area contributed by atoms with E-state index >= 15 is 0 Å². The first-order valence-electron chi connectivity index (χ1n) is 7.66. The Labute approximate surface area is 148 Å². The van der Waals surface area contributed by atoms with Crippen LogP contribution in [0.4, 0.5) is 4.39 Å². The van der Waals surface area contributed by atoms with E-state index in [1.807, 2.05) is 19.1 Å². The average Bonchev–Trinajstić information content (AvgIpc) is 2.95. The van der Waals surface area contributed by atoms with E-state index in [0.29, 0.717) is 23.6 Å². The number of alkyl halides is 1. The maximum Gasteiger partial charge on any atom is 0.222 e. The number of hydrogen-bond donors (Lipinski definition) is 0. The minimum atomic E-state index is -1.43. The molecule has 1 unspecified atom stereocenters. The summed E-state index contributed by atoms with van der Waals surface area (Å²) in [5.41, 5.74) is 0.771. The van der Waals surface area contributed by atoms with Crippen LogP contribution in [0.15, 0.2) is 41.6 Å². The molecule has 0 spiro atoms. The molecule has 1 aliphatic heterocycles. The molecule has 0 saturated carbocycles. The zero-order valence-corrected chi connectivity index (χ0v) is 15.3. The average molecular weight is 393 g/mol. The molecule has 0 radical (unpaired) electrons. The number of hydrogen-bond acceptors (Lipinski definition) is 4. The molecule has 2 aromatic rings. The van der Waals surface area contributed by atoms with Gasteiger partial charge in [-0.05, 0) is 60.5 Å². The minimum Gasteiger partial charge on any atom is -0.439 e. The molecule has 0 saturated heterocycles. The van der Waals surface area contributed by atoms with Gasteiger partial charge < -0.3 is 9.57 Å². The second-order valence-corrected chi connectivity index (χ2v) is 7.14. The number of ether oxygens (including phenoxy) is 1. The van der Waals surface area contributed by atoms with Crippen molar-refractivity contribution in [1.29, 1.82) is 0 Å². The van der Waals surface area contributed by atoms with Crippen molar-refractivity contribution in [3.8, 4) is 11.6 Å². The lowest BCUT2D eigenvalue weighted by atomic mass is 10.0. The Morgan fingerprint density at radius 1 is 1.29 bits per heavy atom. The van der Waals surface area contributed by atoms with Crippen molar-refractivity contribution in [2.24, 2.45) is 5.16 Å². The Morgan fingerprint density at radius 2 is 2.08 bits per heavy atom. The summed E-state index contributed by atoms with van der Waals surface area (Å²) in [6.07, 6.45) is 0.416. The summed E-state index contributed by atoms with van der Waals surface area (Å²) in [5.74, 6) is 1.03. The highest BCUT2D eigenvalue weighted by Crippen LogP contribution is 2.33. The largest absolute Gasteiger partial charge is 0.439 e. The van der Waals surface area contributed by atoms with Gasteiger partial charge in [0.05, 0.1) is 5.69 Å². The molecule has 0 N–H and O–H groups in total. The maximum atomic E-state index is 14.1. The van der Waals surface area contributed by atoms with Crippen LogP contribution < -0.4 is 4.74 Å². The SMILES string of the molecule is Cc1ccc(C2CC(Br)=NO2)nc1Oc1cccc(C(C)(C)F)c1. The van der Waals surface area contributed by atoms with E-state index in [9.17, 15) is 4.39 Å². The molecular weight excluding hydrogens is 375 g/mol. The molecule has 0 amide bonds. The molecular formula is C18H18BrFN2O2. The Balaban J connectivity index is 1.85. The highest BCUT2D eigenvalue weighted by atomic mass is 79.9. The van der Waals surface area contributed by atoms with Crippen molar-refractivity contribution in [1.82, 2.24) is 4.98 Å². The third kappa shape index (κ3) is 3.75.